The van der Waals surface area contributed by atoms with Gasteiger partial charge in [0, 0.05) is 23.2 Å². The van der Waals surface area contributed by atoms with E-state index in [1.165, 1.54) is 12.8 Å². The molecule has 0 aromatic carbocycles. The van der Waals surface area contributed by atoms with Crippen molar-refractivity contribution in [3.05, 3.63) is 0 Å². The Morgan fingerprint density at radius 2 is 1.94 bits per heavy atom. The van der Waals surface area contributed by atoms with Crippen molar-refractivity contribution < 1.29 is 13.2 Å². The van der Waals surface area contributed by atoms with Gasteiger partial charge in [-0.1, -0.05) is 12.8 Å². The summed E-state index contributed by atoms with van der Waals surface area (Å²) in [5.74, 6) is 1.58. The summed E-state index contributed by atoms with van der Waals surface area (Å²) < 4.78 is 27.6. The van der Waals surface area contributed by atoms with Gasteiger partial charge in [0.25, 0.3) is 0 Å². The van der Waals surface area contributed by atoms with Gasteiger partial charge in [-0.15, -0.1) is 0 Å². The molecule has 2 saturated carbocycles. The quantitative estimate of drug-likeness (QED) is 0.501. The minimum absolute atomic E-state index is 0.0721. The lowest BCUT2D eigenvalue weighted by Crippen LogP contribution is -2.20. The molecule has 2 aliphatic carbocycles. The molecule has 0 heterocycles. The van der Waals surface area contributed by atoms with E-state index in [0.717, 1.165) is 31.8 Å². The molecule has 0 radical (unpaired) electrons. The summed E-state index contributed by atoms with van der Waals surface area (Å²) in [6.07, 6.45) is 6.06. The Balaban J connectivity index is 1.65. The smallest absolute Gasteiger partial charge is 0.232 e. The Morgan fingerprint density at radius 3 is 2.44 bits per heavy atom. The lowest BCUT2D eigenvalue weighted by molar-refractivity contribution is 0.0943. The molecule has 0 aromatic rings. The number of rotatable bonds is 8. The molecule has 2 aliphatic rings. The highest BCUT2D eigenvalue weighted by atomic mass is 35.7. The lowest BCUT2D eigenvalue weighted by Gasteiger charge is -2.14. The lowest BCUT2D eigenvalue weighted by atomic mass is 10.1. The fourth-order valence-corrected chi connectivity index (χ4v) is 3.40. The second kappa shape index (κ2) is 5.23. The highest BCUT2D eigenvalue weighted by Gasteiger charge is 2.34. The SMILES string of the molecule is O=S(=O)(Cl)CC(COCCC1CC1)C1CC1. The van der Waals surface area contributed by atoms with Gasteiger partial charge in [0.05, 0.1) is 12.4 Å². The molecule has 0 bridgehead atoms. The topological polar surface area (TPSA) is 43.4 Å². The summed E-state index contributed by atoms with van der Waals surface area (Å²) in [6.45, 7) is 1.33. The van der Waals surface area contributed by atoms with Crippen LogP contribution in [0.25, 0.3) is 0 Å². The van der Waals surface area contributed by atoms with Gasteiger partial charge < -0.3 is 4.74 Å². The third-order valence-electron chi connectivity index (χ3n) is 3.40. The Bertz CT molecular complexity index is 320. The van der Waals surface area contributed by atoms with E-state index in [0.29, 0.717) is 12.5 Å². The summed E-state index contributed by atoms with van der Waals surface area (Å²) in [5.41, 5.74) is 0. The molecule has 0 aromatic heterocycles. The zero-order chi connectivity index (χ0) is 11.6. The number of hydrogen-bond donors (Lipinski definition) is 0. The summed E-state index contributed by atoms with van der Waals surface area (Å²) >= 11 is 0. The molecular weight excluding hydrogens is 248 g/mol. The average Bonchev–Trinajstić information content (AvgIpc) is 2.99. The van der Waals surface area contributed by atoms with Crippen molar-refractivity contribution in [3.8, 4) is 0 Å². The van der Waals surface area contributed by atoms with E-state index in [-0.39, 0.29) is 11.7 Å². The van der Waals surface area contributed by atoms with Gasteiger partial charge in [0.15, 0.2) is 0 Å². The Hall–Kier alpha value is 0.200. The third kappa shape index (κ3) is 5.02. The maximum absolute atomic E-state index is 11.0. The molecule has 1 unspecified atom stereocenters. The van der Waals surface area contributed by atoms with Crippen LogP contribution in [-0.4, -0.2) is 27.4 Å². The normalized spacial score (nSPS) is 23.3. The van der Waals surface area contributed by atoms with Crippen LogP contribution < -0.4 is 0 Å². The maximum atomic E-state index is 11.0. The van der Waals surface area contributed by atoms with E-state index in [4.69, 9.17) is 15.4 Å². The molecular formula is C11H19ClO3S. The highest BCUT2D eigenvalue weighted by molar-refractivity contribution is 8.13. The van der Waals surface area contributed by atoms with Crippen molar-refractivity contribution in [1.82, 2.24) is 0 Å². The molecule has 0 saturated heterocycles. The van der Waals surface area contributed by atoms with Crippen molar-refractivity contribution in [2.75, 3.05) is 19.0 Å². The van der Waals surface area contributed by atoms with Crippen LogP contribution in [0.15, 0.2) is 0 Å². The fraction of sp³-hybridized carbons (Fsp3) is 1.00. The molecule has 0 N–H and O–H groups in total. The Morgan fingerprint density at radius 1 is 1.25 bits per heavy atom. The van der Waals surface area contributed by atoms with E-state index >= 15 is 0 Å². The van der Waals surface area contributed by atoms with Gasteiger partial charge >= 0.3 is 0 Å². The van der Waals surface area contributed by atoms with Gasteiger partial charge in [-0.25, -0.2) is 8.42 Å². The van der Waals surface area contributed by atoms with Crippen LogP contribution in [0.5, 0.6) is 0 Å². The molecule has 3 nitrogen and oxygen atoms in total. The fourth-order valence-electron chi connectivity index (χ4n) is 2.03. The molecule has 0 aliphatic heterocycles. The molecule has 16 heavy (non-hydrogen) atoms. The van der Waals surface area contributed by atoms with Crippen LogP contribution in [0.4, 0.5) is 0 Å². The zero-order valence-electron chi connectivity index (χ0n) is 9.40. The summed E-state index contributed by atoms with van der Waals surface area (Å²) in [7, 11) is 1.91. The highest BCUT2D eigenvalue weighted by Crippen LogP contribution is 2.38. The van der Waals surface area contributed by atoms with Crippen LogP contribution in [0.2, 0.25) is 0 Å². The van der Waals surface area contributed by atoms with Crippen LogP contribution in [0.3, 0.4) is 0 Å². The van der Waals surface area contributed by atoms with E-state index in [2.05, 4.69) is 0 Å². The molecule has 94 valence electrons. The van der Waals surface area contributed by atoms with Crippen LogP contribution in [-0.2, 0) is 13.8 Å². The Kier molecular flexibility index (Phi) is 4.14. The van der Waals surface area contributed by atoms with Crippen molar-refractivity contribution >= 4 is 19.7 Å². The molecule has 1 atom stereocenters. The van der Waals surface area contributed by atoms with Crippen LogP contribution in [0.1, 0.15) is 32.1 Å². The first-order valence-electron chi connectivity index (χ1n) is 6.04. The summed E-state index contributed by atoms with van der Waals surface area (Å²) in [5, 5.41) is 0. The van der Waals surface area contributed by atoms with Gasteiger partial charge in [-0.2, -0.15) is 0 Å². The largest absolute Gasteiger partial charge is 0.381 e. The van der Waals surface area contributed by atoms with Crippen molar-refractivity contribution in [2.45, 2.75) is 32.1 Å². The average molecular weight is 267 g/mol. The number of halogens is 1. The van der Waals surface area contributed by atoms with Crippen LogP contribution in [0, 0.1) is 17.8 Å². The number of ether oxygens (including phenoxy) is 1. The van der Waals surface area contributed by atoms with E-state index < -0.39 is 9.05 Å². The molecule has 5 heteroatoms. The minimum Gasteiger partial charge on any atom is -0.381 e. The predicted octanol–water partition coefficient (Wildman–Crippen LogP) is 2.40. The molecule has 0 amide bonds. The number of hydrogen-bond acceptors (Lipinski definition) is 3. The van der Waals surface area contributed by atoms with Crippen LogP contribution >= 0.6 is 10.7 Å². The predicted molar refractivity (Wildman–Crippen MR) is 64.0 cm³/mol. The first kappa shape index (κ1) is 12.7. The molecule has 0 spiro atoms. The maximum Gasteiger partial charge on any atom is 0.232 e. The third-order valence-corrected chi connectivity index (χ3v) is 4.61. The van der Waals surface area contributed by atoms with Crippen molar-refractivity contribution in [3.63, 3.8) is 0 Å². The molecule has 2 fully saturated rings. The second-order valence-corrected chi connectivity index (χ2v) is 7.93. The van der Waals surface area contributed by atoms with Crippen molar-refractivity contribution in [2.24, 2.45) is 17.8 Å². The zero-order valence-corrected chi connectivity index (χ0v) is 11.0. The first-order valence-corrected chi connectivity index (χ1v) is 8.52. The standard InChI is InChI=1S/C11H19ClO3S/c12-16(13,14)8-11(10-3-4-10)7-15-6-5-9-1-2-9/h9-11H,1-8H2. The Labute approximate surface area is 102 Å². The minimum atomic E-state index is -3.38. The van der Waals surface area contributed by atoms with E-state index in [1.54, 1.807) is 0 Å². The summed E-state index contributed by atoms with van der Waals surface area (Å²) in [6, 6.07) is 0. The molecule has 2 rings (SSSR count). The summed E-state index contributed by atoms with van der Waals surface area (Å²) in [4.78, 5) is 0. The van der Waals surface area contributed by atoms with Gasteiger partial charge in [-0.05, 0) is 31.1 Å². The van der Waals surface area contributed by atoms with Gasteiger partial charge in [0.2, 0.25) is 9.05 Å². The van der Waals surface area contributed by atoms with E-state index in [1.807, 2.05) is 0 Å². The van der Waals surface area contributed by atoms with Crippen molar-refractivity contribution in [1.29, 1.82) is 0 Å². The van der Waals surface area contributed by atoms with Gasteiger partial charge in [0.1, 0.15) is 0 Å². The van der Waals surface area contributed by atoms with E-state index in [9.17, 15) is 8.42 Å². The first-order chi connectivity index (χ1) is 7.54. The second-order valence-electron chi connectivity index (χ2n) is 5.11. The van der Waals surface area contributed by atoms with Gasteiger partial charge in [-0.3, -0.25) is 0 Å². The monoisotopic (exact) mass is 266 g/mol.